The molecular formula is C13H20N2O. The molecule has 0 radical (unpaired) electrons. The summed E-state index contributed by atoms with van der Waals surface area (Å²) in [5, 5.41) is 3.43. The average molecular weight is 220 g/mol. The summed E-state index contributed by atoms with van der Waals surface area (Å²) in [7, 11) is 0. The monoisotopic (exact) mass is 220 g/mol. The summed E-state index contributed by atoms with van der Waals surface area (Å²) in [6, 6.07) is 5.83. The van der Waals surface area contributed by atoms with Crippen molar-refractivity contribution in [3.8, 4) is 5.75 Å². The van der Waals surface area contributed by atoms with Crippen molar-refractivity contribution in [2.45, 2.75) is 26.2 Å². The molecule has 0 spiro atoms. The van der Waals surface area contributed by atoms with Gasteiger partial charge in [0.05, 0.1) is 6.61 Å². The zero-order valence-corrected chi connectivity index (χ0v) is 9.83. The Morgan fingerprint density at radius 2 is 2.19 bits per heavy atom. The Balaban J connectivity index is 1.95. The van der Waals surface area contributed by atoms with E-state index in [0.717, 1.165) is 29.6 Å². The van der Waals surface area contributed by atoms with Crippen molar-refractivity contribution < 1.29 is 4.74 Å². The average Bonchev–Trinajstić information content (AvgIpc) is 2.14. The number of hydrogen-bond donors (Lipinski definition) is 2. The molecule has 1 aromatic carbocycles. The Morgan fingerprint density at radius 1 is 1.38 bits per heavy atom. The Bertz CT molecular complexity index is 348. The predicted octanol–water partition coefficient (Wildman–Crippen LogP) is 2.88. The van der Waals surface area contributed by atoms with Crippen LogP contribution in [-0.2, 0) is 0 Å². The van der Waals surface area contributed by atoms with Crippen LogP contribution in [0, 0.1) is 5.92 Å². The third kappa shape index (κ3) is 2.81. The lowest BCUT2D eigenvalue weighted by Gasteiger charge is -2.26. The first-order chi connectivity index (χ1) is 7.78. The standard InChI is InChI=1S/C13H20N2O/c1-2-16-13-7-11(14)6-12(8-13)15-9-10-4-3-5-10/h6-8,10,15H,2-5,9,14H2,1H3. The highest BCUT2D eigenvalue weighted by Gasteiger charge is 2.16. The van der Waals surface area contributed by atoms with Gasteiger partial charge in [-0.15, -0.1) is 0 Å². The summed E-state index contributed by atoms with van der Waals surface area (Å²) in [4.78, 5) is 0. The lowest BCUT2D eigenvalue weighted by molar-refractivity contribution is 0.332. The molecule has 1 aliphatic rings. The number of nitrogens with one attached hydrogen (secondary N) is 1. The molecule has 0 unspecified atom stereocenters. The molecule has 3 nitrogen and oxygen atoms in total. The van der Waals surface area contributed by atoms with Crippen LogP contribution in [0.15, 0.2) is 18.2 Å². The summed E-state index contributed by atoms with van der Waals surface area (Å²) in [6.45, 7) is 3.70. The second kappa shape index (κ2) is 5.10. The highest BCUT2D eigenvalue weighted by Crippen LogP contribution is 2.28. The maximum absolute atomic E-state index is 5.82. The molecule has 1 saturated carbocycles. The normalized spacial score (nSPS) is 15.6. The Labute approximate surface area is 97.0 Å². The van der Waals surface area contributed by atoms with E-state index in [1.165, 1.54) is 19.3 Å². The lowest BCUT2D eigenvalue weighted by atomic mass is 9.85. The minimum absolute atomic E-state index is 0.672. The van der Waals surface area contributed by atoms with Gasteiger partial charge in [-0.1, -0.05) is 6.42 Å². The number of benzene rings is 1. The van der Waals surface area contributed by atoms with Gasteiger partial charge in [-0.2, -0.15) is 0 Å². The van der Waals surface area contributed by atoms with Crippen molar-refractivity contribution in [3.63, 3.8) is 0 Å². The molecule has 1 fully saturated rings. The van der Waals surface area contributed by atoms with Gasteiger partial charge in [0.15, 0.2) is 0 Å². The second-order valence-electron chi connectivity index (χ2n) is 4.40. The van der Waals surface area contributed by atoms with E-state index in [4.69, 9.17) is 10.5 Å². The van der Waals surface area contributed by atoms with Gasteiger partial charge in [0.2, 0.25) is 0 Å². The van der Waals surface area contributed by atoms with E-state index >= 15 is 0 Å². The van der Waals surface area contributed by atoms with E-state index in [0.29, 0.717) is 6.61 Å². The summed E-state index contributed by atoms with van der Waals surface area (Å²) in [5.41, 5.74) is 7.64. The van der Waals surface area contributed by atoms with E-state index in [1.807, 2.05) is 25.1 Å². The third-order valence-corrected chi connectivity index (χ3v) is 3.06. The molecule has 2 rings (SSSR count). The summed E-state index contributed by atoms with van der Waals surface area (Å²) < 4.78 is 5.45. The maximum atomic E-state index is 5.82. The zero-order chi connectivity index (χ0) is 11.4. The van der Waals surface area contributed by atoms with Crippen LogP contribution < -0.4 is 15.8 Å². The highest BCUT2D eigenvalue weighted by atomic mass is 16.5. The van der Waals surface area contributed by atoms with Crippen molar-refractivity contribution in [1.29, 1.82) is 0 Å². The molecule has 0 bridgehead atoms. The number of hydrogen-bond acceptors (Lipinski definition) is 3. The van der Waals surface area contributed by atoms with Crippen molar-refractivity contribution in [1.82, 2.24) is 0 Å². The largest absolute Gasteiger partial charge is 0.494 e. The summed E-state index contributed by atoms with van der Waals surface area (Å²) in [6.07, 6.45) is 4.09. The van der Waals surface area contributed by atoms with Crippen LogP contribution in [-0.4, -0.2) is 13.2 Å². The Morgan fingerprint density at radius 3 is 2.81 bits per heavy atom. The molecule has 3 heteroatoms. The van der Waals surface area contributed by atoms with E-state index in [9.17, 15) is 0 Å². The van der Waals surface area contributed by atoms with Crippen molar-refractivity contribution >= 4 is 11.4 Å². The van der Waals surface area contributed by atoms with E-state index in [2.05, 4.69) is 5.32 Å². The van der Waals surface area contributed by atoms with Crippen LogP contribution in [0.25, 0.3) is 0 Å². The number of anilines is 2. The summed E-state index contributed by atoms with van der Waals surface area (Å²) >= 11 is 0. The van der Waals surface area contributed by atoms with Crippen LogP contribution in [0.1, 0.15) is 26.2 Å². The second-order valence-corrected chi connectivity index (χ2v) is 4.40. The Kier molecular flexibility index (Phi) is 3.54. The molecule has 88 valence electrons. The van der Waals surface area contributed by atoms with Crippen LogP contribution >= 0.6 is 0 Å². The maximum Gasteiger partial charge on any atom is 0.123 e. The fourth-order valence-electron chi connectivity index (χ4n) is 1.93. The van der Waals surface area contributed by atoms with Gasteiger partial charge in [-0.25, -0.2) is 0 Å². The SMILES string of the molecule is CCOc1cc(N)cc(NCC2CCC2)c1. The number of ether oxygens (including phenoxy) is 1. The van der Waals surface area contributed by atoms with Gasteiger partial charge in [0, 0.05) is 30.1 Å². The minimum atomic E-state index is 0.672. The number of nitrogen functional groups attached to an aromatic ring is 1. The van der Waals surface area contributed by atoms with Gasteiger partial charge in [-0.05, 0) is 31.7 Å². The van der Waals surface area contributed by atoms with E-state index in [-0.39, 0.29) is 0 Å². The van der Waals surface area contributed by atoms with Crippen LogP contribution in [0.5, 0.6) is 5.75 Å². The quantitative estimate of drug-likeness (QED) is 0.750. The first kappa shape index (κ1) is 11.1. The van der Waals surface area contributed by atoms with Gasteiger partial charge in [0.1, 0.15) is 5.75 Å². The first-order valence-corrected chi connectivity index (χ1v) is 6.05. The fraction of sp³-hybridized carbons (Fsp3) is 0.538. The van der Waals surface area contributed by atoms with Gasteiger partial charge < -0.3 is 15.8 Å². The van der Waals surface area contributed by atoms with Crippen LogP contribution in [0.3, 0.4) is 0 Å². The number of rotatable bonds is 5. The van der Waals surface area contributed by atoms with Crippen LogP contribution in [0.2, 0.25) is 0 Å². The smallest absolute Gasteiger partial charge is 0.123 e. The molecular weight excluding hydrogens is 200 g/mol. The van der Waals surface area contributed by atoms with E-state index in [1.54, 1.807) is 0 Å². The molecule has 1 aromatic rings. The van der Waals surface area contributed by atoms with Crippen molar-refractivity contribution in [2.75, 3.05) is 24.2 Å². The number of nitrogens with two attached hydrogens (primary N) is 1. The van der Waals surface area contributed by atoms with Gasteiger partial charge >= 0.3 is 0 Å². The van der Waals surface area contributed by atoms with E-state index < -0.39 is 0 Å². The molecule has 1 aliphatic carbocycles. The van der Waals surface area contributed by atoms with Gasteiger partial charge in [0.25, 0.3) is 0 Å². The van der Waals surface area contributed by atoms with Crippen molar-refractivity contribution in [2.24, 2.45) is 5.92 Å². The molecule has 0 heterocycles. The summed E-state index contributed by atoms with van der Waals surface area (Å²) in [5.74, 6) is 1.69. The van der Waals surface area contributed by atoms with Crippen LogP contribution in [0.4, 0.5) is 11.4 Å². The van der Waals surface area contributed by atoms with Gasteiger partial charge in [-0.3, -0.25) is 0 Å². The first-order valence-electron chi connectivity index (χ1n) is 6.05. The highest BCUT2D eigenvalue weighted by molar-refractivity contribution is 5.59. The lowest BCUT2D eigenvalue weighted by Crippen LogP contribution is -2.20. The predicted molar refractivity (Wildman–Crippen MR) is 67.9 cm³/mol. The third-order valence-electron chi connectivity index (χ3n) is 3.06. The minimum Gasteiger partial charge on any atom is -0.494 e. The molecule has 3 N–H and O–H groups in total. The molecule has 0 aromatic heterocycles. The molecule has 0 amide bonds. The molecule has 0 aliphatic heterocycles. The zero-order valence-electron chi connectivity index (χ0n) is 9.83. The topological polar surface area (TPSA) is 47.3 Å². The Hall–Kier alpha value is -1.38. The van der Waals surface area contributed by atoms with Crippen molar-refractivity contribution in [3.05, 3.63) is 18.2 Å². The molecule has 16 heavy (non-hydrogen) atoms. The molecule has 0 atom stereocenters. The fourth-order valence-corrected chi connectivity index (χ4v) is 1.93. The molecule has 0 saturated heterocycles.